The number of carbonyl (C=O) groups is 3. The number of aliphatic hydroxyl groups excluding tert-OH is 1. The molecule has 0 saturated carbocycles. The van der Waals surface area contributed by atoms with Crippen molar-refractivity contribution in [3.63, 3.8) is 0 Å². The van der Waals surface area contributed by atoms with Crippen LogP contribution in [0.5, 0.6) is 0 Å². The lowest BCUT2D eigenvalue weighted by Crippen LogP contribution is -2.64. The molecule has 0 heterocycles. The molecular formula is C15H17N3O5. The Morgan fingerprint density at radius 3 is 2.26 bits per heavy atom. The van der Waals surface area contributed by atoms with Gasteiger partial charge in [0.05, 0.1) is 0 Å². The summed E-state index contributed by atoms with van der Waals surface area (Å²) in [6, 6.07) is 6.03. The van der Waals surface area contributed by atoms with Crippen molar-refractivity contribution in [1.82, 2.24) is 16.1 Å². The Kier molecular flexibility index (Phi) is 6.26. The molecule has 0 bridgehead atoms. The van der Waals surface area contributed by atoms with E-state index in [1.165, 1.54) is 24.7 Å². The van der Waals surface area contributed by atoms with Crippen molar-refractivity contribution in [3.05, 3.63) is 35.4 Å². The zero-order valence-corrected chi connectivity index (χ0v) is 12.6. The van der Waals surface area contributed by atoms with Gasteiger partial charge in [-0.1, -0.05) is 11.8 Å². The molecule has 0 spiro atoms. The third-order valence-electron chi connectivity index (χ3n) is 3.06. The van der Waals surface area contributed by atoms with Crippen LogP contribution in [0, 0.1) is 11.8 Å². The minimum absolute atomic E-state index is 0.195. The van der Waals surface area contributed by atoms with Gasteiger partial charge in [0.25, 0.3) is 17.7 Å². The maximum atomic E-state index is 12.2. The van der Waals surface area contributed by atoms with Crippen molar-refractivity contribution in [2.24, 2.45) is 0 Å². The molecule has 1 aromatic carbocycles. The number of nitrogens with one attached hydrogen (secondary N) is 3. The van der Waals surface area contributed by atoms with Gasteiger partial charge in [0.1, 0.15) is 6.61 Å². The van der Waals surface area contributed by atoms with E-state index in [0.29, 0.717) is 5.56 Å². The van der Waals surface area contributed by atoms with E-state index in [-0.39, 0.29) is 12.2 Å². The summed E-state index contributed by atoms with van der Waals surface area (Å²) in [5.74, 6) is 2.60. The molecule has 0 saturated heterocycles. The molecule has 1 unspecified atom stereocenters. The Bertz CT molecular complexity index is 642. The number of amides is 3. The Hall–Kier alpha value is -2.89. The standard InChI is InChI=1S/C15H17N3O5/c1-15(13(21)16-2,14(22)18-23)17-12(20)11-7-5-10(6-8-11)4-3-9-19/h5-8,19,23H,9H2,1-2H3,(H,16,21)(H,17,20)(H,18,22). The first kappa shape index (κ1) is 18.2. The normalized spacial score (nSPS) is 12.2. The second kappa shape index (κ2) is 7.93. The molecule has 0 fully saturated rings. The molecule has 0 aliphatic rings. The lowest BCUT2D eigenvalue weighted by atomic mass is 9.99. The van der Waals surface area contributed by atoms with E-state index in [1.54, 1.807) is 12.1 Å². The number of likely N-dealkylation sites (N-methyl/N-ethyl adjacent to an activating group) is 1. The van der Waals surface area contributed by atoms with E-state index in [2.05, 4.69) is 22.5 Å². The number of carbonyl (C=O) groups excluding carboxylic acids is 3. The summed E-state index contributed by atoms with van der Waals surface area (Å²) in [6.07, 6.45) is 0. The summed E-state index contributed by atoms with van der Waals surface area (Å²) >= 11 is 0. The number of aliphatic hydroxyl groups is 1. The predicted molar refractivity (Wildman–Crippen MR) is 80.3 cm³/mol. The summed E-state index contributed by atoms with van der Waals surface area (Å²) in [6.45, 7) is 0.888. The molecule has 0 aliphatic carbocycles. The van der Waals surface area contributed by atoms with Crippen molar-refractivity contribution in [2.75, 3.05) is 13.7 Å². The molecule has 1 atom stereocenters. The lowest BCUT2D eigenvalue weighted by Gasteiger charge is -2.26. The van der Waals surface area contributed by atoms with Crippen molar-refractivity contribution >= 4 is 17.7 Å². The first-order chi connectivity index (χ1) is 10.9. The Morgan fingerprint density at radius 1 is 1.17 bits per heavy atom. The molecule has 0 radical (unpaired) electrons. The van der Waals surface area contributed by atoms with Crippen LogP contribution < -0.4 is 16.1 Å². The molecule has 23 heavy (non-hydrogen) atoms. The number of benzene rings is 1. The van der Waals surface area contributed by atoms with Crippen LogP contribution >= 0.6 is 0 Å². The van der Waals surface area contributed by atoms with E-state index < -0.39 is 23.3 Å². The molecule has 1 rings (SSSR count). The van der Waals surface area contributed by atoms with E-state index in [1.807, 2.05) is 0 Å². The number of rotatable bonds is 4. The van der Waals surface area contributed by atoms with E-state index in [4.69, 9.17) is 10.3 Å². The first-order valence-corrected chi connectivity index (χ1v) is 6.58. The van der Waals surface area contributed by atoms with Crippen LogP contribution in [-0.2, 0) is 9.59 Å². The SMILES string of the molecule is CNC(=O)C(C)(NC(=O)c1ccc(C#CCO)cc1)C(=O)NO. The molecule has 122 valence electrons. The largest absolute Gasteiger partial charge is 0.384 e. The minimum atomic E-state index is -1.98. The third kappa shape index (κ3) is 4.29. The maximum absolute atomic E-state index is 12.2. The van der Waals surface area contributed by atoms with Crippen LogP contribution in [0.1, 0.15) is 22.8 Å². The third-order valence-corrected chi connectivity index (χ3v) is 3.06. The smallest absolute Gasteiger partial charge is 0.278 e. The number of hydrogen-bond donors (Lipinski definition) is 5. The Morgan fingerprint density at radius 2 is 1.78 bits per heavy atom. The van der Waals surface area contributed by atoms with E-state index in [9.17, 15) is 14.4 Å². The fourth-order valence-electron chi connectivity index (χ4n) is 1.72. The second-order valence-corrected chi connectivity index (χ2v) is 4.64. The lowest BCUT2D eigenvalue weighted by molar-refractivity contribution is -0.143. The van der Waals surface area contributed by atoms with Gasteiger partial charge in [0.15, 0.2) is 5.54 Å². The molecule has 8 nitrogen and oxygen atoms in total. The van der Waals surface area contributed by atoms with Gasteiger partial charge in [-0.2, -0.15) is 0 Å². The van der Waals surface area contributed by atoms with Crippen LogP contribution in [-0.4, -0.2) is 47.2 Å². The topological polar surface area (TPSA) is 128 Å². The highest BCUT2D eigenvalue weighted by Crippen LogP contribution is 2.09. The minimum Gasteiger partial charge on any atom is -0.384 e. The van der Waals surface area contributed by atoms with Gasteiger partial charge in [-0.05, 0) is 31.2 Å². The average Bonchev–Trinajstić information content (AvgIpc) is 2.58. The molecule has 5 N–H and O–H groups in total. The summed E-state index contributed by atoms with van der Waals surface area (Å²) in [7, 11) is 1.30. The highest BCUT2D eigenvalue weighted by Gasteiger charge is 2.42. The predicted octanol–water partition coefficient (Wildman–Crippen LogP) is -1.23. The van der Waals surface area contributed by atoms with Crippen LogP contribution in [0.4, 0.5) is 0 Å². The van der Waals surface area contributed by atoms with Gasteiger partial charge in [-0.3, -0.25) is 19.6 Å². The number of hydrogen-bond acceptors (Lipinski definition) is 5. The summed E-state index contributed by atoms with van der Waals surface area (Å²) in [4.78, 5) is 35.7. The summed E-state index contributed by atoms with van der Waals surface area (Å²) in [5.41, 5.74) is 0.167. The molecule has 1 aromatic rings. The van der Waals surface area contributed by atoms with Gasteiger partial charge in [-0.25, -0.2) is 5.48 Å². The van der Waals surface area contributed by atoms with Crippen LogP contribution in [0.15, 0.2) is 24.3 Å². The summed E-state index contributed by atoms with van der Waals surface area (Å²) < 4.78 is 0. The molecule has 3 amide bonds. The van der Waals surface area contributed by atoms with E-state index >= 15 is 0 Å². The Balaban J connectivity index is 2.99. The zero-order chi connectivity index (χ0) is 17.5. The van der Waals surface area contributed by atoms with Gasteiger partial charge in [0, 0.05) is 18.2 Å². The summed E-state index contributed by atoms with van der Waals surface area (Å²) in [5, 5.41) is 21.9. The van der Waals surface area contributed by atoms with Crippen molar-refractivity contribution in [1.29, 1.82) is 0 Å². The molecule has 0 aliphatic heterocycles. The molecule has 0 aromatic heterocycles. The van der Waals surface area contributed by atoms with Gasteiger partial charge >= 0.3 is 0 Å². The van der Waals surface area contributed by atoms with Crippen LogP contribution in [0.2, 0.25) is 0 Å². The zero-order valence-electron chi connectivity index (χ0n) is 12.6. The Labute approximate surface area is 132 Å². The van der Waals surface area contributed by atoms with Crippen LogP contribution in [0.25, 0.3) is 0 Å². The highest BCUT2D eigenvalue weighted by molar-refractivity contribution is 6.12. The highest BCUT2D eigenvalue weighted by atomic mass is 16.5. The fourth-order valence-corrected chi connectivity index (χ4v) is 1.72. The second-order valence-electron chi connectivity index (χ2n) is 4.64. The molecule has 8 heteroatoms. The van der Waals surface area contributed by atoms with Crippen molar-refractivity contribution in [3.8, 4) is 11.8 Å². The quantitative estimate of drug-likeness (QED) is 0.205. The van der Waals surface area contributed by atoms with Crippen LogP contribution in [0.3, 0.4) is 0 Å². The fraction of sp³-hybridized carbons (Fsp3) is 0.267. The maximum Gasteiger partial charge on any atom is 0.278 e. The van der Waals surface area contributed by atoms with Crippen molar-refractivity contribution in [2.45, 2.75) is 12.5 Å². The molecular weight excluding hydrogens is 302 g/mol. The van der Waals surface area contributed by atoms with Gasteiger partial charge in [-0.15, -0.1) is 0 Å². The van der Waals surface area contributed by atoms with E-state index in [0.717, 1.165) is 6.92 Å². The van der Waals surface area contributed by atoms with Gasteiger partial charge < -0.3 is 15.7 Å². The number of hydroxylamine groups is 1. The average molecular weight is 319 g/mol. The monoisotopic (exact) mass is 319 g/mol. The van der Waals surface area contributed by atoms with Crippen molar-refractivity contribution < 1.29 is 24.7 Å². The first-order valence-electron chi connectivity index (χ1n) is 6.58. The van der Waals surface area contributed by atoms with Gasteiger partial charge in [0.2, 0.25) is 0 Å².